The van der Waals surface area contributed by atoms with Crippen LogP contribution in [-0.4, -0.2) is 33.8 Å². The van der Waals surface area contributed by atoms with Crippen molar-refractivity contribution < 1.29 is 0 Å². The molecule has 2 N–H and O–H groups in total. The largest absolute Gasteiger partial charge is 0.357 e. The maximum Gasteiger partial charge on any atom is 0.191 e. The lowest BCUT2D eigenvalue weighted by molar-refractivity contribution is 0.397. The van der Waals surface area contributed by atoms with E-state index in [0.717, 1.165) is 50.1 Å². The van der Waals surface area contributed by atoms with Gasteiger partial charge in [0.2, 0.25) is 0 Å². The highest BCUT2D eigenvalue weighted by Gasteiger charge is 2.24. The molecule has 2 heterocycles. The van der Waals surface area contributed by atoms with E-state index in [1.165, 1.54) is 11.1 Å². The molecule has 0 saturated carbocycles. The minimum Gasteiger partial charge on any atom is -0.357 e. The number of rotatable bonds is 5. The maximum absolute atomic E-state index is 4.82. The topological polar surface area (TPSA) is 67.1 Å². The Hall–Kier alpha value is -1.64. The zero-order valence-electron chi connectivity index (χ0n) is 16.7. The molecule has 1 aliphatic rings. The summed E-state index contributed by atoms with van der Waals surface area (Å²) in [5.41, 5.74) is 2.61. The number of benzene rings is 1. The molecule has 1 aromatic carbocycles. The van der Waals surface area contributed by atoms with E-state index >= 15 is 0 Å². The van der Waals surface area contributed by atoms with E-state index in [0.29, 0.717) is 5.92 Å². The van der Waals surface area contributed by atoms with Gasteiger partial charge in [0, 0.05) is 25.6 Å². The zero-order chi connectivity index (χ0) is 18.5. The summed E-state index contributed by atoms with van der Waals surface area (Å²) in [5, 5.41) is 11.4. The van der Waals surface area contributed by atoms with E-state index in [1.807, 2.05) is 11.6 Å². The molecule has 0 saturated heterocycles. The van der Waals surface area contributed by atoms with Gasteiger partial charge in [0.05, 0.1) is 6.04 Å². The summed E-state index contributed by atoms with van der Waals surface area (Å²) in [6.45, 7) is 10.9. The van der Waals surface area contributed by atoms with Crippen LogP contribution in [0.1, 0.15) is 61.4 Å². The molecule has 3 rings (SSSR count). The van der Waals surface area contributed by atoms with Crippen LogP contribution >= 0.6 is 24.0 Å². The molecule has 0 amide bonds. The standard InChI is InChI=1S/C20H30N6.HI/c1-5-21-20(22-13-15(3)17-10-8-14(2)9-11-17)24-18-7-6-12-26-19(18)23-16(4)25-26;/h8-11,15,18H,5-7,12-13H2,1-4H3,(H2,21,22,24);1H. The average Bonchev–Trinajstić information content (AvgIpc) is 3.01. The van der Waals surface area contributed by atoms with Crippen LogP contribution < -0.4 is 10.6 Å². The number of guanidine groups is 1. The lowest BCUT2D eigenvalue weighted by atomic mass is 10.0. The Morgan fingerprint density at radius 1 is 1.30 bits per heavy atom. The van der Waals surface area contributed by atoms with E-state index in [2.05, 4.69) is 65.8 Å². The molecule has 7 heteroatoms. The van der Waals surface area contributed by atoms with Crippen LogP contribution in [0.5, 0.6) is 0 Å². The van der Waals surface area contributed by atoms with Crippen LogP contribution in [0, 0.1) is 13.8 Å². The smallest absolute Gasteiger partial charge is 0.191 e. The number of aromatic nitrogens is 3. The average molecular weight is 482 g/mol. The number of hydrogen-bond acceptors (Lipinski definition) is 3. The minimum absolute atomic E-state index is 0. The SMILES string of the molecule is CCNC(=NCC(C)c1ccc(C)cc1)NC1CCCn2nc(C)nc21.I. The summed E-state index contributed by atoms with van der Waals surface area (Å²) in [6, 6.07) is 8.88. The second kappa shape index (κ2) is 10.1. The Balaban J connectivity index is 0.00000261. The lowest BCUT2D eigenvalue weighted by Gasteiger charge is -2.25. The predicted octanol–water partition coefficient (Wildman–Crippen LogP) is 3.71. The van der Waals surface area contributed by atoms with Crippen molar-refractivity contribution in [1.82, 2.24) is 25.4 Å². The predicted molar refractivity (Wildman–Crippen MR) is 121 cm³/mol. The summed E-state index contributed by atoms with van der Waals surface area (Å²) in [4.78, 5) is 9.43. The Morgan fingerprint density at radius 2 is 2.04 bits per heavy atom. The molecule has 2 atom stereocenters. The molecule has 27 heavy (non-hydrogen) atoms. The van der Waals surface area contributed by atoms with Crippen molar-refractivity contribution in [2.75, 3.05) is 13.1 Å². The van der Waals surface area contributed by atoms with Gasteiger partial charge in [-0.25, -0.2) is 9.67 Å². The van der Waals surface area contributed by atoms with Crippen molar-refractivity contribution in [3.8, 4) is 0 Å². The first-order valence-electron chi connectivity index (χ1n) is 9.59. The number of nitrogens with one attached hydrogen (secondary N) is 2. The van der Waals surface area contributed by atoms with E-state index in [4.69, 9.17) is 4.99 Å². The molecule has 148 valence electrons. The van der Waals surface area contributed by atoms with E-state index in [9.17, 15) is 0 Å². The van der Waals surface area contributed by atoms with Crippen molar-refractivity contribution in [3.05, 3.63) is 47.0 Å². The van der Waals surface area contributed by atoms with Crippen molar-refractivity contribution in [2.24, 2.45) is 4.99 Å². The monoisotopic (exact) mass is 482 g/mol. The molecule has 0 fully saturated rings. The number of fused-ring (bicyclic) bond motifs is 1. The molecule has 1 aromatic heterocycles. The van der Waals surface area contributed by atoms with Crippen LogP contribution in [0.15, 0.2) is 29.3 Å². The van der Waals surface area contributed by atoms with Crippen LogP contribution in [0.3, 0.4) is 0 Å². The first kappa shape index (κ1) is 21.7. The van der Waals surface area contributed by atoms with Gasteiger partial charge in [0.25, 0.3) is 0 Å². The number of aliphatic imine (C=N–C) groups is 1. The van der Waals surface area contributed by atoms with Gasteiger partial charge in [-0.2, -0.15) is 5.10 Å². The third-order valence-corrected chi connectivity index (χ3v) is 4.81. The molecule has 0 spiro atoms. The fourth-order valence-electron chi connectivity index (χ4n) is 3.32. The number of halogens is 1. The normalized spacial score (nSPS) is 17.6. The van der Waals surface area contributed by atoms with Crippen molar-refractivity contribution in [2.45, 2.75) is 59.0 Å². The zero-order valence-corrected chi connectivity index (χ0v) is 19.0. The van der Waals surface area contributed by atoms with Crippen molar-refractivity contribution >= 4 is 29.9 Å². The van der Waals surface area contributed by atoms with E-state index in [1.54, 1.807) is 0 Å². The van der Waals surface area contributed by atoms with Gasteiger partial charge in [0.15, 0.2) is 5.96 Å². The molecule has 0 aliphatic carbocycles. The highest BCUT2D eigenvalue weighted by molar-refractivity contribution is 14.0. The molecule has 6 nitrogen and oxygen atoms in total. The summed E-state index contributed by atoms with van der Waals surface area (Å²) < 4.78 is 2.02. The Labute approximate surface area is 179 Å². The quantitative estimate of drug-likeness (QED) is 0.388. The van der Waals surface area contributed by atoms with Gasteiger partial charge in [-0.3, -0.25) is 4.99 Å². The third-order valence-electron chi connectivity index (χ3n) is 4.81. The van der Waals surface area contributed by atoms with Crippen molar-refractivity contribution in [1.29, 1.82) is 0 Å². The second-order valence-electron chi connectivity index (χ2n) is 7.11. The molecule has 0 bridgehead atoms. The first-order valence-corrected chi connectivity index (χ1v) is 9.59. The molecule has 2 aromatic rings. The Morgan fingerprint density at radius 3 is 2.74 bits per heavy atom. The van der Waals surface area contributed by atoms with Crippen LogP contribution in [0.2, 0.25) is 0 Å². The van der Waals surface area contributed by atoms with Crippen LogP contribution in [0.4, 0.5) is 0 Å². The number of aryl methyl sites for hydroxylation is 3. The first-order chi connectivity index (χ1) is 12.6. The summed E-state index contributed by atoms with van der Waals surface area (Å²) >= 11 is 0. The third kappa shape index (κ3) is 5.67. The lowest BCUT2D eigenvalue weighted by Crippen LogP contribution is -2.41. The fraction of sp³-hybridized carbons (Fsp3) is 0.550. The summed E-state index contributed by atoms with van der Waals surface area (Å²) in [7, 11) is 0. The second-order valence-corrected chi connectivity index (χ2v) is 7.11. The van der Waals surface area contributed by atoms with Gasteiger partial charge < -0.3 is 10.6 Å². The van der Waals surface area contributed by atoms with Crippen molar-refractivity contribution in [3.63, 3.8) is 0 Å². The summed E-state index contributed by atoms with van der Waals surface area (Å²) in [5.74, 6) is 3.09. The van der Waals surface area contributed by atoms with Gasteiger partial charge in [-0.15, -0.1) is 24.0 Å². The van der Waals surface area contributed by atoms with Crippen LogP contribution in [-0.2, 0) is 6.54 Å². The fourth-order valence-corrected chi connectivity index (χ4v) is 3.32. The van der Waals surface area contributed by atoms with E-state index < -0.39 is 0 Å². The van der Waals surface area contributed by atoms with Gasteiger partial charge in [-0.05, 0) is 39.2 Å². The summed E-state index contributed by atoms with van der Waals surface area (Å²) in [6.07, 6.45) is 2.16. The van der Waals surface area contributed by atoms with Crippen LogP contribution in [0.25, 0.3) is 0 Å². The Bertz CT molecular complexity index is 752. The highest BCUT2D eigenvalue weighted by atomic mass is 127. The Kier molecular flexibility index (Phi) is 8.07. The number of nitrogens with zero attached hydrogens (tertiary/aromatic N) is 4. The number of hydrogen-bond donors (Lipinski definition) is 2. The maximum atomic E-state index is 4.82. The molecular weight excluding hydrogens is 451 g/mol. The van der Waals surface area contributed by atoms with E-state index in [-0.39, 0.29) is 30.0 Å². The molecule has 0 radical (unpaired) electrons. The van der Waals surface area contributed by atoms with Gasteiger partial charge in [0.1, 0.15) is 11.6 Å². The van der Waals surface area contributed by atoms with Gasteiger partial charge >= 0.3 is 0 Å². The molecule has 2 unspecified atom stereocenters. The van der Waals surface area contributed by atoms with Gasteiger partial charge in [-0.1, -0.05) is 36.8 Å². The molecular formula is C20H31IN6. The minimum atomic E-state index is 0. The highest BCUT2D eigenvalue weighted by Crippen LogP contribution is 2.23. The molecule has 1 aliphatic heterocycles.